The van der Waals surface area contributed by atoms with Gasteiger partial charge in [-0.15, -0.1) is 0 Å². The number of ether oxygens (including phenoxy) is 1. The fraction of sp³-hybridized carbons (Fsp3) is 0.500. The van der Waals surface area contributed by atoms with Crippen molar-refractivity contribution < 1.29 is 4.74 Å². The van der Waals surface area contributed by atoms with Crippen molar-refractivity contribution in [1.29, 1.82) is 0 Å². The Morgan fingerprint density at radius 1 is 1.26 bits per heavy atom. The number of aromatic nitrogens is 3. The number of rotatable bonds is 5. The third-order valence-electron chi connectivity index (χ3n) is 4.26. The van der Waals surface area contributed by atoms with Gasteiger partial charge in [0.2, 0.25) is 5.95 Å². The lowest BCUT2D eigenvalue weighted by molar-refractivity contribution is 0.228. The molecule has 3 heterocycles. The van der Waals surface area contributed by atoms with Crippen molar-refractivity contribution in [3.63, 3.8) is 0 Å². The second kappa shape index (κ2) is 7.40. The van der Waals surface area contributed by atoms with Crippen LogP contribution in [-0.4, -0.2) is 34.6 Å². The lowest BCUT2D eigenvalue weighted by Gasteiger charge is -2.32. The smallest absolute Gasteiger partial charge is 0.225 e. The zero-order valence-electron chi connectivity index (χ0n) is 13.9. The first-order chi connectivity index (χ1) is 11.2. The Kier molecular flexibility index (Phi) is 5.05. The molecule has 0 N–H and O–H groups in total. The van der Waals surface area contributed by atoms with Crippen LogP contribution in [0.15, 0.2) is 30.7 Å². The molecule has 0 saturated carbocycles. The lowest BCUT2D eigenvalue weighted by Crippen LogP contribution is -2.38. The van der Waals surface area contributed by atoms with Crippen LogP contribution in [0.5, 0.6) is 5.75 Å². The molecule has 3 rings (SSSR count). The highest BCUT2D eigenvalue weighted by molar-refractivity contribution is 5.30. The molecule has 23 heavy (non-hydrogen) atoms. The van der Waals surface area contributed by atoms with Crippen molar-refractivity contribution in [2.24, 2.45) is 5.92 Å². The first-order valence-electron chi connectivity index (χ1n) is 8.36. The maximum Gasteiger partial charge on any atom is 0.225 e. The van der Waals surface area contributed by atoms with Crippen molar-refractivity contribution in [1.82, 2.24) is 15.0 Å². The minimum absolute atomic E-state index is 0.506. The van der Waals surface area contributed by atoms with Gasteiger partial charge >= 0.3 is 0 Å². The third-order valence-corrected chi connectivity index (χ3v) is 4.26. The Morgan fingerprint density at radius 3 is 2.83 bits per heavy atom. The summed E-state index contributed by atoms with van der Waals surface area (Å²) in [4.78, 5) is 15.5. The van der Waals surface area contributed by atoms with E-state index in [1.807, 2.05) is 31.5 Å². The highest BCUT2D eigenvalue weighted by Crippen LogP contribution is 2.21. The van der Waals surface area contributed by atoms with E-state index in [2.05, 4.69) is 26.8 Å². The molecule has 0 amide bonds. The highest BCUT2D eigenvalue weighted by atomic mass is 16.5. The molecule has 2 aromatic heterocycles. The van der Waals surface area contributed by atoms with Gasteiger partial charge in [0.05, 0.1) is 6.61 Å². The Morgan fingerprint density at radius 2 is 2.09 bits per heavy atom. The van der Waals surface area contributed by atoms with Gasteiger partial charge in [-0.1, -0.05) is 6.92 Å². The molecule has 0 radical (unpaired) electrons. The second-order valence-electron chi connectivity index (χ2n) is 6.14. The summed E-state index contributed by atoms with van der Waals surface area (Å²) in [7, 11) is 0. The summed E-state index contributed by atoms with van der Waals surface area (Å²) in [6, 6.07) is 3.90. The van der Waals surface area contributed by atoms with Crippen LogP contribution in [0.1, 0.15) is 31.0 Å². The van der Waals surface area contributed by atoms with Gasteiger partial charge in [0.25, 0.3) is 0 Å². The molecule has 1 unspecified atom stereocenters. The molecule has 122 valence electrons. The van der Waals surface area contributed by atoms with Crippen LogP contribution in [0.3, 0.4) is 0 Å². The second-order valence-corrected chi connectivity index (χ2v) is 6.14. The van der Waals surface area contributed by atoms with Crippen LogP contribution in [-0.2, 0) is 6.42 Å². The summed E-state index contributed by atoms with van der Waals surface area (Å²) in [5.41, 5.74) is 2.16. The normalized spacial score (nSPS) is 18.0. The molecule has 1 fully saturated rings. The molecular formula is C18H24N4O. The van der Waals surface area contributed by atoms with Gasteiger partial charge in [0.1, 0.15) is 5.75 Å². The van der Waals surface area contributed by atoms with Gasteiger partial charge in [-0.05, 0) is 37.8 Å². The van der Waals surface area contributed by atoms with Crippen LogP contribution in [0.4, 0.5) is 5.95 Å². The van der Waals surface area contributed by atoms with E-state index in [0.717, 1.165) is 49.9 Å². The first kappa shape index (κ1) is 15.7. The average molecular weight is 312 g/mol. The average Bonchev–Trinajstić information content (AvgIpc) is 2.60. The molecule has 0 bridgehead atoms. The fourth-order valence-electron chi connectivity index (χ4n) is 2.90. The molecule has 0 aromatic carbocycles. The summed E-state index contributed by atoms with van der Waals surface area (Å²) in [5.74, 6) is 2.25. The highest BCUT2D eigenvalue weighted by Gasteiger charge is 2.22. The number of hydrogen-bond acceptors (Lipinski definition) is 5. The monoisotopic (exact) mass is 312 g/mol. The number of aryl methyl sites for hydroxylation is 2. The number of nitrogens with zero attached hydrogens (tertiary/aromatic N) is 4. The Balaban J connectivity index is 1.57. The molecule has 1 aliphatic heterocycles. The summed E-state index contributed by atoms with van der Waals surface area (Å²) >= 11 is 0. The van der Waals surface area contributed by atoms with Crippen molar-refractivity contribution in [2.75, 3.05) is 24.6 Å². The van der Waals surface area contributed by atoms with E-state index in [1.165, 1.54) is 12.0 Å². The molecule has 0 aliphatic carbocycles. The van der Waals surface area contributed by atoms with E-state index < -0.39 is 0 Å². The maximum absolute atomic E-state index is 5.94. The molecule has 5 heteroatoms. The van der Waals surface area contributed by atoms with Crippen LogP contribution < -0.4 is 9.64 Å². The van der Waals surface area contributed by atoms with Gasteiger partial charge in [0, 0.05) is 49.4 Å². The topological polar surface area (TPSA) is 51.1 Å². The van der Waals surface area contributed by atoms with Crippen LogP contribution in [0.25, 0.3) is 0 Å². The minimum atomic E-state index is 0.506. The number of piperidine rings is 1. The van der Waals surface area contributed by atoms with Crippen molar-refractivity contribution in [2.45, 2.75) is 33.1 Å². The Bertz CT molecular complexity index is 629. The van der Waals surface area contributed by atoms with Crippen molar-refractivity contribution in [3.8, 4) is 5.75 Å². The molecule has 1 atom stereocenters. The first-order valence-corrected chi connectivity index (χ1v) is 8.36. The molecule has 1 saturated heterocycles. The minimum Gasteiger partial charge on any atom is -0.493 e. The molecule has 1 aliphatic rings. The van der Waals surface area contributed by atoms with E-state index in [1.54, 1.807) is 6.20 Å². The van der Waals surface area contributed by atoms with Gasteiger partial charge in [0.15, 0.2) is 0 Å². The van der Waals surface area contributed by atoms with Crippen LogP contribution in [0, 0.1) is 12.8 Å². The Labute approximate surface area is 137 Å². The summed E-state index contributed by atoms with van der Waals surface area (Å²) in [6.45, 7) is 6.80. The molecular weight excluding hydrogens is 288 g/mol. The number of pyridine rings is 1. The largest absolute Gasteiger partial charge is 0.493 e. The van der Waals surface area contributed by atoms with E-state index in [9.17, 15) is 0 Å². The van der Waals surface area contributed by atoms with Crippen molar-refractivity contribution in [3.05, 3.63) is 42.0 Å². The van der Waals surface area contributed by atoms with E-state index >= 15 is 0 Å². The predicted molar refractivity (Wildman–Crippen MR) is 90.8 cm³/mol. The molecule has 2 aromatic rings. The molecule has 0 spiro atoms. The third kappa shape index (κ3) is 4.18. The van der Waals surface area contributed by atoms with E-state index in [-0.39, 0.29) is 0 Å². The lowest BCUT2D eigenvalue weighted by atomic mass is 9.99. The number of hydrogen-bond donors (Lipinski definition) is 0. The SMILES string of the molecule is CCc1cnc(N2CCCC(COc3ccnc(C)c3)C2)nc1. The summed E-state index contributed by atoms with van der Waals surface area (Å²) in [5, 5.41) is 0. The van der Waals surface area contributed by atoms with Crippen LogP contribution in [0.2, 0.25) is 0 Å². The Hall–Kier alpha value is -2.17. The summed E-state index contributed by atoms with van der Waals surface area (Å²) < 4.78 is 5.94. The maximum atomic E-state index is 5.94. The van der Waals surface area contributed by atoms with Gasteiger partial charge in [-0.3, -0.25) is 4.98 Å². The van der Waals surface area contributed by atoms with Crippen molar-refractivity contribution >= 4 is 5.95 Å². The zero-order chi connectivity index (χ0) is 16.1. The summed E-state index contributed by atoms with van der Waals surface area (Å²) in [6.07, 6.45) is 8.98. The quantitative estimate of drug-likeness (QED) is 0.849. The van der Waals surface area contributed by atoms with Gasteiger partial charge < -0.3 is 9.64 Å². The van der Waals surface area contributed by atoms with Gasteiger partial charge in [-0.25, -0.2) is 9.97 Å². The zero-order valence-corrected chi connectivity index (χ0v) is 13.9. The van der Waals surface area contributed by atoms with Gasteiger partial charge in [-0.2, -0.15) is 0 Å². The van der Waals surface area contributed by atoms with Crippen LogP contribution >= 0.6 is 0 Å². The fourth-order valence-corrected chi connectivity index (χ4v) is 2.90. The number of anilines is 1. The van der Waals surface area contributed by atoms with E-state index in [4.69, 9.17) is 4.74 Å². The van der Waals surface area contributed by atoms with E-state index in [0.29, 0.717) is 5.92 Å². The predicted octanol–water partition coefficient (Wildman–Crippen LogP) is 3.04. The standard InChI is InChI=1S/C18H24N4O/c1-3-15-10-20-18(21-11-15)22-8-4-5-16(12-22)13-23-17-6-7-19-14(2)9-17/h6-7,9-11,16H,3-5,8,12-13H2,1-2H3. The molecule has 5 nitrogen and oxygen atoms in total.